The molecule has 124 valence electrons. The first-order chi connectivity index (χ1) is 11.1. The van der Waals surface area contributed by atoms with Gasteiger partial charge < -0.3 is 15.8 Å². The van der Waals surface area contributed by atoms with Gasteiger partial charge in [0.1, 0.15) is 0 Å². The van der Waals surface area contributed by atoms with Crippen LogP contribution >= 0.6 is 11.6 Å². The molecule has 0 atom stereocenters. The van der Waals surface area contributed by atoms with E-state index in [1.54, 1.807) is 6.07 Å². The van der Waals surface area contributed by atoms with Gasteiger partial charge in [-0.05, 0) is 50.3 Å². The van der Waals surface area contributed by atoms with Crippen LogP contribution < -0.4 is 11.1 Å². The molecule has 1 aromatic carbocycles. The molecule has 5 nitrogen and oxygen atoms in total. The van der Waals surface area contributed by atoms with Crippen LogP contribution in [0.5, 0.6) is 0 Å². The zero-order valence-electron chi connectivity index (χ0n) is 12.9. The molecule has 2 rings (SSSR count). The van der Waals surface area contributed by atoms with E-state index in [9.17, 15) is 9.59 Å². The molecule has 0 saturated carbocycles. The normalized spacial score (nSPS) is 14.0. The predicted molar refractivity (Wildman–Crippen MR) is 90.3 cm³/mol. The van der Waals surface area contributed by atoms with E-state index < -0.39 is 5.97 Å². The highest BCUT2D eigenvalue weighted by atomic mass is 35.5. The van der Waals surface area contributed by atoms with Crippen molar-refractivity contribution in [1.29, 1.82) is 0 Å². The molecule has 0 fully saturated rings. The molecule has 6 heteroatoms. The van der Waals surface area contributed by atoms with E-state index >= 15 is 0 Å². The first-order valence-electron chi connectivity index (χ1n) is 7.73. The first kappa shape index (κ1) is 17.3. The molecule has 0 aliphatic heterocycles. The molecule has 0 aromatic heterocycles. The van der Waals surface area contributed by atoms with Gasteiger partial charge in [0.15, 0.2) is 6.61 Å². The lowest BCUT2D eigenvalue weighted by atomic mass is 9.97. The van der Waals surface area contributed by atoms with Crippen molar-refractivity contribution in [1.82, 2.24) is 5.32 Å². The largest absolute Gasteiger partial charge is 0.452 e. The summed E-state index contributed by atoms with van der Waals surface area (Å²) in [7, 11) is 0. The number of hydrogen-bond donors (Lipinski definition) is 2. The average Bonchev–Trinajstić information content (AvgIpc) is 2.56. The van der Waals surface area contributed by atoms with Gasteiger partial charge in [-0.25, -0.2) is 4.79 Å². The van der Waals surface area contributed by atoms with Crippen LogP contribution in [0.3, 0.4) is 0 Å². The van der Waals surface area contributed by atoms with Crippen molar-refractivity contribution in [2.75, 3.05) is 18.9 Å². The SMILES string of the molecule is Nc1ccc(Cl)cc1C(=O)OCC(=O)NCCC1=CCCCC1. The second kappa shape index (κ2) is 8.58. The summed E-state index contributed by atoms with van der Waals surface area (Å²) in [6.07, 6.45) is 7.80. The highest BCUT2D eigenvalue weighted by molar-refractivity contribution is 6.31. The third-order valence-electron chi connectivity index (χ3n) is 3.72. The van der Waals surface area contributed by atoms with E-state index in [-0.39, 0.29) is 23.8 Å². The number of anilines is 1. The maximum absolute atomic E-state index is 11.9. The minimum atomic E-state index is -0.657. The van der Waals surface area contributed by atoms with Gasteiger partial charge in [-0.1, -0.05) is 23.3 Å². The van der Waals surface area contributed by atoms with Gasteiger partial charge in [-0.3, -0.25) is 4.79 Å². The summed E-state index contributed by atoms with van der Waals surface area (Å²) in [6, 6.07) is 4.53. The highest BCUT2D eigenvalue weighted by Gasteiger charge is 2.14. The molecule has 0 unspecified atom stereocenters. The van der Waals surface area contributed by atoms with Crippen molar-refractivity contribution < 1.29 is 14.3 Å². The van der Waals surface area contributed by atoms with Crippen molar-refractivity contribution >= 4 is 29.2 Å². The van der Waals surface area contributed by atoms with Crippen molar-refractivity contribution in [3.05, 3.63) is 40.4 Å². The van der Waals surface area contributed by atoms with Crippen molar-refractivity contribution in [2.24, 2.45) is 0 Å². The monoisotopic (exact) mass is 336 g/mol. The number of hydrogen-bond acceptors (Lipinski definition) is 4. The zero-order chi connectivity index (χ0) is 16.7. The first-order valence-corrected chi connectivity index (χ1v) is 8.11. The Bertz CT molecular complexity index is 614. The molecule has 23 heavy (non-hydrogen) atoms. The van der Waals surface area contributed by atoms with Gasteiger partial charge in [0.2, 0.25) is 0 Å². The Labute approximate surface area is 140 Å². The fourth-order valence-electron chi connectivity index (χ4n) is 2.46. The Balaban J connectivity index is 1.72. The van der Waals surface area contributed by atoms with Crippen LogP contribution in [0.1, 0.15) is 42.5 Å². The maximum Gasteiger partial charge on any atom is 0.340 e. The molecule has 0 saturated heterocycles. The number of esters is 1. The van der Waals surface area contributed by atoms with E-state index in [1.807, 2.05) is 0 Å². The number of halogens is 1. The second-order valence-electron chi connectivity index (χ2n) is 5.52. The van der Waals surface area contributed by atoms with Crippen LogP contribution in [-0.2, 0) is 9.53 Å². The summed E-state index contributed by atoms with van der Waals surface area (Å²) < 4.78 is 4.96. The lowest BCUT2D eigenvalue weighted by Crippen LogP contribution is -2.30. The van der Waals surface area contributed by atoms with Crippen molar-refractivity contribution in [3.8, 4) is 0 Å². The van der Waals surface area contributed by atoms with Crippen molar-refractivity contribution in [2.45, 2.75) is 32.1 Å². The van der Waals surface area contributed by atoms with E-state index in [0.717, 1.165) is 19.3 Å². The van der Waals surface area contributed by atoms with E-state index in [4.69, 9.17) is 22.1 Å². The molecule has 0 spiro atoms. The minimum Gasteiger partial charge on any atom is -0.452 e. The number of benzene rings is 1. The molecule has 1 aromatic rings. The zero-order valence-corrected chi connectivity index (χ0v) is 13.7. The number of allylic oxidation sites excluding steroid dienone is 1. The third-order valence-corrected chi connectivity index (χ3v) is 3.96. The third kappa shape index (κ3) is 5.60. The highest BCUT2D eigenvalue weighted by Crippen LogP contribution is 2.20. The van der Waals surface area contributed by atoms with E-state index in [0.29, 0.717) is 11.6 Å². The van der Waals surface area contributed by atoms with E-state index in [1.165, 1.54) is 30.5 Å². The quantitative estimate of drug-likeness (QED) is 0.475. The Morgan fingerprint density at radius 1 is 1.30 bits per heavy atom. The molecule has 0 radical (unpaired) electrons. The summed E-state index contributed by atoms with van der Waals surface area (Å²) in [5.41, 5.74) is 7.51. The molecule has 1 aliphatic rings. The standard InChI is InChI=1S/C17H21ClN2O3/c18-13-6-7-15(19)14(10-13)17(22)23-11-16(21)20-9-8-12-4-2-1-3-5-12/h4,6-7,10H,1-3,5,8-9,11,19H2,(H,20,21). The van der Waals surface area contributed by atoms with E-state index in [2.05, 4.69) is 11.4 Å². The Morgan fingerprint density at radius 3 is 2.87 bits per heavy atom. The molecule has 1 aliphatic carbocycles. The van der Waals surface area contributed by atoms with Gasteiger partial charge in [0, 0.05) is 17.3 Å². The topological polar surface area (TPSA) is 81.4 Å². The Kier molecular flexibility index (Phi) is 6.47. The van der Waals surface area contributed by atoms with Crippen LogP contribution in [-0.4, -0.2) is 25.0 Å². The number of nitrogens with one attached hydrogen (secondary N) is 1. The van der Waals surface area contributed by atoms with Gasteiger partial charge >= 0.3 is 5.97 Å². The summed E-state index contributed by atoms with van der Waals surface area (Å²) in [5.74, 6) is -0.981. The van der Waals surface area contributed by atoms with Crippen LogP contribution in [0.2, 0.25) is 5.02 Å². The summed E-state index contributed by atoms with van der Waals surface area (Å²) in [4.78, 5) is 23.6. The minimum absolute atomic E-state index is 0.165. The predicted octanol–water partition coefficient (Wildman–Crippen LogP) is 3.09. The van der Waals surface area contributed by atoms with Crippen LogP contribution in [0.25, 0.3) is 0 Å². The van der Waals surface area contributed by atoms with Crippen molar-refractivity contribution in [3.63, 3.8) is 0 Å². The number of carbonyl (C=O) groups is 2. The maximum atomic E-state index is 11.9. The molecular formula is C17H21ClN2O3. The smallest absolute Gasteiger partial charge is 0.340 e. The lowest BCUT2D eigenvalue weighted by molar-refractivity contribution is -0.124. The van der Waals surface area contributed by atoms with Gasteiger partial charge in [0.25, 0.3) is 5.91 Å². The number of nitrogens with two attached hydrogens (primary N) is 1. The summed E-state index contributed by atoms with van der Waals surface area (Å²) in [6.45, 7) is 0.228. The molecule has 3 N–H and O–H groups in total. The Hall–Kier alpha value is -2.01. The molecule has 0 heterocycles. The average molecular weight is 337 g/mol. The van der Waals surface area contributed by atoms with Gasteiger partial charge in [0.05, 0.1) is 5.56 Å². The Morgan fingerprint density at radius 2 is 2.13 bits per heavy atom. The number of nitrogen functional groups attached to an aromatic ring is 1. The van der Waals surface area contributed by atoms with Gasteiger partial charge in [-0.15, -0.1) is 0 Å². The number of carbonyl (C=O) groups excluding carboxylic acids is 2. The number of amides is 1. The molecular weight excluding hydrogens is 316 g/mol. The van der Waals surface area contributed by atoms with Gasteiger partial charge in [-0.2, -0.15) is 0 Å². The summed E-state index contributed by atoms with van der Waals surface area (Å²) in [5, 5.41) is 3.13. The fraction of sp³-hybridized carbons (Fsp3) is 0.412. The number of rotatable bonds is 6. The van der Waals surface area contributed by atoms with Crippen LogP contribution in [0.4, 0.5) is 5.69 Å². The summed E-state index contributed by atoms with van der Waals surface area (Å²) >= 11 is 5.82. The van der Waals surface area contributed by atoms with Crippen LogP contribution in [0, 0.1) is 0 Å². The molecule has 1 amide bonds. The fourth-order valence-corrected chi connectivity index (χ4v) is 2.63. The molecule has 0 bridgehead atoms. The second-order valence-corrected chi connectivity index (χ2v) is 5.95. The lowest BCUT2D eigenvalue weighted by Gasteiger charge is -2.13. The number of ether oxygens (including phenoxy) is 1. The van der Waals surface area contributed by atoms with Crippen LogP contribution in [0.15, 0.2) is 29.8 Å².